The smallest absolute Gasteiger partial charge is 0.222 e. The standard InChI is InChI=1S/C16H31N3O/c1-13(2)18-9-4-6-15(8-11-18)17-14(3)12-19-10-5-7-16(19)20/h13-15,17H,4-12H2,1-3H3. The van der Waals surface area contributed by atoms with Crippen molar-refractivity contribution in [2.45, 2.75) is 71.0 Å². The second-order valence-electron chi connectivity index (χ2n) is 6.77. The van der Waals surface area contributed by atoms with Gasteiger partial charge in [-0.1, -0.05) is 0 Å². The molecule has 2 aliphatic rings. The zero-order chi connectivity index (χ0) is 14.5. The van der Waals surface area contributed by atoms with Crippen LogP contribution < -0.4 is 5.32 Å². The van der Waals surface area contributed by atoms with Gasteiger partial charge in [0.05, 0.1) is 0 Å². The van der Waals surface area contributed by atoms with Crippen LogP contribution >= 0.6 is 0 Å². The second kappa shape index (κ2) is 7.41. The third-order valence-corrected chi connectivity index (χ3v) is 4.68. The van der Waals surface area contributed by atoms with Gasteiger partial charge in [0.1, 0.15) is 0 Å². The van der Waals surface area contributed by atoms with Crippen molar-refractivity contribution in [2.75, 3.05) is 26.2 Å². The molecule has 4 nitrogen and oxygen atoms in total. The monoisotopic (exact) mass is 281 g/mol. The summed E-state index contributed by atoms with van der Waals surface area (Å²) in [7, 11) is 0. The van der Waals surface area contributed by atoms with Gasteiger partial charge in [0.15, 0.2) is 0 Å². The minimum Gasteiger partial charge on any atom is -0.341 e. The molecule has 1 N–H and O–H groups in total. The molecule has 2 saturated heterocycles. The van der Waals surface area contributed by atoms with E-state index < -0.39 is 0 Å². The summed E-state index contributed by atoms with van der Waals surface area (Å²) in [5.74, 6) is 0.338. The zero-order valence-electron chi connectivity index (χ0n) is 13.4. The predicted octanol–water partition coefficient (Wildman–Crippen LogP) is 1.85. The number of hydrogen-bond donors (Lipinski definition) is 1. The van der Waals surface area contributed by atoms with Crippen LogP contribution in [0.2, 0.25) is 0 Å². The van der Waals surface area contributed by atoms with Crippen LogP contribution in [0.3, 0.4) is 0 Å². The molecule has 0 aromatic rings. The molecule has 0 radical (unpaired) electrons. The van der Waals surface area contributed by atoms with Crippen molar-refractivity contribution >= 4 is 5.91 Å². The topological polar surface area (TPSA) is 35.6 Å². The molecular formula is C16H31N3O. The van der Waals surface area contributed by atoms with Gasteiger partial charge in [0.25, 0.3) is 0 Å². The molecule has 0 aliphatic carbocycles. The molecular weight excluding hydrogens is 250 g/mol. The van der Waals surface area contributed by atoms with Crippen LogP contribution in [-0.2, 0) is 4.79 Å². The van der Waals surface area contributed by atoms with Gasteiger partial charge in [0, 0.05) is 37.6 Å². The SMILES string of the molecule is CC(CN1CCCC1=O)NC1CCCN(C(C)C)CC1. The van der Waals surface area contributed by atoms with Crippen molar-refractivity contribution < 1.29 is 4.79 Å². The summed E-state index contributed by atoms with van der Waals surface area (Å²) < 4.78 is 0. The van der Waals surface area contributed by atoms with E-state index in [0.29, 0.717) is 24.0 Å². The molecule has 2 unspecified atom stereocenters. The second-order valence-corrected chi connectivity index (χ2v) is 6.77. The fourth-order valence-electron chi connectivity index (χ4n) is 3.48. The number of amides is 1. The Morgan fingerprint density at radius 3 is 2.60 bits per heavy atom. The number of likely N-dealkylation sites (tertiary alicyclic amines) is 2. The zero-order valence-corrected chi connectivity index (χ0v) is 13.4. The fourth-order valence-corrected chi connectivity index (χ4v) is 3.48. The van der Waals surface area contributed by atoms with E-state index in [1.165, 1.54) is 32.4 Å². The largest absolute Gasteiger partial charge is 0.341 e. The van der Waals surface area contributed by atoms with E-state index in [2.05, 4.69) is 31.0 Å². The maximum atomic E-state index is 11.7. The number of carbonyl (C=O) groups excluding carboxylic acids is 1. The number of nitrogens with one attached hydrogen (secondary N) is 1. The van der Waals surface area contributed by atoms with E-state index in [-0.39, 0.29) is 0 Å². The van der Waals surface area contributed by atoms with Gasteiger partial charge in [-0.05, 0) is 59.5 Å². The Kier molecular flexibility index (Phi) is 5.85. The third-order valence-electron chi connectivity index (χ3n) is 4.68. The van der Waals surface area contributed by atoms with Crippen LogP contribution in [0.4, 0.5) is 0 Å². The first-order valence-corrected chi connectivity index (χ1v) is 8.34. The lowest BCUT2D eigenvalue weighted by atomic mass is 10.1. The Balaban J connectivity index is 1.73. The lowest BCUT2D eigenvalue weighted by Gasteiger charge is -2.27. The van der Waals surface area contributed by atoms with Gasteiger partial charge in [-0.25, -0.2) is 0 Å². The number of rotatable bonds is 5. The fraction of sp³-hybridized carbons (Fsp3) is 0.938. The Bertz CT molecular complexity index is 319. The predicted molar refractivity (Wildman–Crippen MR) is 82.8 cm³/mol. The normalized spacial score (nSPS) is 27.1. The van der Waals surface area contributed by atoms with Crippen LogP contribution in [0, 0.1) is 0 Å². The summed E-state index contributed by atoms with van der Waals surface area (Å²) in [4.78, 5) is 16.3. The lowest BCUT2D eigenvalue weighted by Crippen LogP contribution is -2.44. The Morgan fingerprint density at radius 1 is 1.15 bits per heavy atom. The number of hydrogen-bond acceptors (Lipinski definition) is 3. The van der Waals surface area contributed by atoms with Crippen molar-refractivity contribution in [3.63, 3.8) is 0 Å². The van der Waals surface area contributed by atoms with Crippen LogP contribution in [-0.4, -0.2) is 60.0 Å². The first-order valence-electron chi connectivity index (χ1n) is 8.34. The average molecular weight is 281 g/mol. The van der Waals surface area contributed by atoms with Crippen molar-refractivity contribution in [2.24, 2.45) is 0 Å². The lowest BCUT2D eigenvalue weighted by molar-refractivity contribution is -0.128. The molecule has 0 aromatic carbocycles. The summed E-state index contributed by atoms with van der Waals surface area (Å²) >= 11 is 0. The van der Waals surface area contributed by atoms with Crippen LogP contribution in [0.5, 0.6) is 0 Å². The third kappa shape index (κ3) is 4.45. The van der Waals surface area contributed by atoms with E-state index in [9.17, 15) is 4.79 Å². The average Bonchev–Trinajstić information content (AvgIpc) is 2.65. The molecule has 0 spiro atoms. The quantitative estimate of drug-likeness (QED) is 0.835. The maximum Gasteiger partial charge on any atom is 0.222 e. The molecule has 2 atom stereocenters. The molecule has 0 bridgehead atoms. The minimum absolute atomic E-state index is 0.338. The highest BCUT2D eigenvalue weighted by Gasteiger charge is 2.24. The van der Waals surface area contributed by atoms with Gasteiger partial charge < -0.3 is 15.1 Å². The number of carbonyl (C=O) groups is 1. The van der Waals surface area contributed by atoms with E-state index in [1.807, 2.05) is 4.90 Å². The van der Waals surface area contributed by atoms with Crippen molar-refractivity contribution in [1.82, 2.24) is 15.1 Å². The molecule has 0 saturated carbocycles. The van der Waals surface area contributed by atoms with Crippen molar-refractivity contribution in [3.8, 4) is 0 Å². The molecule has 20 heavy (non-hydrogen) atoms. The number of nitrogens with zero attached hydrogens (tertiary/aromatic N) is 2. The minimum atomic E-state index is 0.338. The highest BCUT2D eigenvalue weighted by atomic mass is 16.2. The highest BCUT2D eigenvalue weighted by molar-refractivity contribution is 5.78. The summed E-state index contributed by atoms with van der Waals surface area (Å²) in [5.41, 5.74) is 0. The van der Waals surface area contributed by atoms with Crippen LogP contribution in [0.15, 0.2) is 0 Å². The summed E-state index contributed by atoms with van der Waals surface area (Å²) in [6, 6.07) is 1.69. The van der Waals surface area contributed by atoms with Gasteiger partial charge in [-0.2, -0.15) is 0 Å². The molecule has 0 aromatic heterocycles. The van der Waals surface area contributed by atoms with Gasteiger partial charge in [-0.15, -0.1) is 0 Å². The van der Waals surface area contributed by atoms with Crippen LogP contribution in [0.25, 0.3) is 0 Å². The first-order chi connectivity index (χ1) is 9.56. The Labute approximate surface area is 123 Å². The maximum absolute atomic E-state index is 11.7. The van der Waals surface area contributed by atoms with E-state index in [0.717, 1.165) is 25.9 Å². The molecule has 2 rings (SSSR count). The Hall–Kier alpha value is -0.610. The Morgan fingerprint density at radius 2 is 1.95 bits per heavy atom. The van der Waals surface area contributed by atoms with E-state index in [4.69, 9.17) is 0 Å². The van der Waals surface area contributed by atoms with Crippen LogP contribution in [0.1, 0.15) is 52.9 Å². The van der Waals surface area contributed by atoms with Gasteiger partial charge >= 0.3 is 0 Å². The summed E-state index contributed by atoms with van der Waals surface area (Å²) in [6.45, 7) is 11.1. The summed E-state index contributed by atoms with van der Waals surface area (Å²) in [5, 5.41) is 3.75. The molecule has 2 heterocycles. The molecule has 116 valence electrons. The molecule has 2 fully saturated rings. The van der Waals surface area contributed by atoms with E-state index >= 15 is 0 Å². The van der Waals surface area contributed by atoms with Crippen molar-refractivity contribution in [1.29, 1.82) is 0 Å². The van der Waals surface area contributed by atoms with Gasteiger partial charge in [0.2, 0.25) is 5.91 Å². The highest BCUT2D eigenvalue weighted by Crippen LogP contribution is 2.15. The van der Waals surface area contributed by atoms with Crippen molar-refractivity contribution in [3.05, 3.63) is 0 Å². The molecule has 1 amide bonds. The molecule has 4 heteroatoms. The molecule has 2 aliphatic heterocycles. The van der Waals surface area contributed by atoms with E-state index in [1.54, 1.807) is 0 Å². The first kappa shape index (κ1) is 15.8. The summed E-state index contributed by atoms with van der Waals surface area (Å²) in [6.07, 6.45) is 5.57. The van der Waals surface area contributed by atoms with Gasteiger partial charge in [-0.3, -0.25) is 4.79 Å².